The number of quaternary nitrogens is 1. The summed E-state index contributed by atoms with van der Waals surface area (Å²) >= 11 is 3.52. The van der Waals surface area contributed by atoms with Crippen molar-refractivity contribution >= 4 is 33.5 Å². The van der Waals surface area contributed by atoms with E-state index in [0.29, 0.717) is 13.0 Å². The minimum absolute atomic E-state index is 0.0271. The van der Waals surface area contributed by atoms with Gasteiger partial charge in [-0.25, -0.2) is 0 Å². The maximum Gasteiger partial charge on any atom is 0.315 e. The summed E-state index contributed by atoms with van der Waals surface area (Å²) in [6.45, 7) is 3.15. The molecule has 3 heterocycles. The Balaban J connectivity index is 1.81. The first-order valence-electron chi connectivity index (χ1n) is 8.22. The Kier molecular flexibility index (Phi) is 3.50. The van der Waals surface area contributed by atoms with E-state index >= 15 is 0 Å². The molecule has 122 valence electrons. The third-order valence-electron chi connectivity index (χ3n) is 5.64. The van der Waals surface area contributed by atoms with Gasteiger partial charge in [0.1, 0.15) is 12.0 Å². The van der Waals surface area contributed by atoms with E-state index in [2.05, 4.69) is 21.2 Å². The van der Waals surface area contributed by atoms with E-state index in [4.69, 9.17) is 4.74 Å². The molecule has 4 rings (SSSR count). The lowest BCUT2D eigenvalue weighted by atomic mass is 9.84. The molecule has 0 radical (unpaired) electrons. The van der Waals surface area contributed by atoms with Crippen LogP contribution in [0.4, 0.5) is 5.69 Å². The Bertz CT molecular complexity index is 692. The van der Waals surface area contributed by atoms with Crippen LogP contribution in [0.2, 0.25) is 0 Å². The number of halogens is 1. The zero-order valence-electron chi connectivity index (χ0n) is 13.0. The molecule has 1 aromatic carbocycles. The van der Waals surface area contributed by atoms with Crippen LogP contribution in [0.1, 0.15) is 31.7 Å². The molecule has 1 amide bonds. The topological polar surface area (TPSA) is 59.8 Å². The molecule has 23 heavy (non-hydrogen) atoms. The summed E-state index contributed by atoms with van der Waals surface area (Å²) in [5.74, 6) is -0.313. The summed E-state index contributed by atoms with van der Waals surface area (Å²) in [6, 6.07) is 6.09. The normalized spacial score (nSPS) is 34.3. The maximum atomic E-state index is 12.9. The standard InChI is InChI=1S/C17H19BrN2O3/c1-2-23-15(21)11-9-17(20-7-3-4-14(11)20)12-8-10(18)5-6-13(12)19-16(17)22/h5-6,8,11,14H,2-4,7,9H2,1H3,(H,19,22)/p+1/t11-,14-,17+/m1/s1. The average Bonchev–Trinajstić information content (AvgIpc) is 3.16. The molecule has 1 unspecified atom stereocenters. The zero-order valence-corrected chi connectivity index (χ0v) is 14.6. The Morgan fingerprint density at radius 1 is 1.52 bits per heavy atom. The third-order valence-corrected chi connectivity index (χ3v) is 6.13. The highest BCUT2D eigenvalue weighted by Gasteiger charge is 2.67. The van der Waals surface area contributed by atoms with E-state index in [1.165, 1.54) is 4.90 Å². The Morgan fingerprint density at radius 3 is 3.13 bits per heavy atom. The summed E-state index contributed by atoms with van der Waals surface area (Å²) < 4.78 is 6.25. The minimum atomic E-state index is -0.641. The molecule has 0 aromatic heterocycles. The van der Waals surface area contributed by atoms with Crippen LogP contribution in [0.3, 0.4) is 0 Å². The van der Waals surface area contributed by atoms with Crippen molar-refractivity contribution in [2.45, 2.75) is 37.8 Å². The van der Waals surface area contributed by atoms with Gasteiger partial charge in [0.05, 0.1) is 18.8 Å². The zero-order chi connectivity index (χ0) is 16.2. The molecule has 0 aliphatic carbocycles. The number of ether oxygens (including phenoxy) is 1. The Hall–Kier alpha value is -1.40. The minimum Gasteiger partial charge on any atom is -0.466 e. The van der Waals surface area contributed by atoms with Gasteiger partial charge in [-0.1, -0.05) is 15.9 Å². The molecule has 0 bridgehead atoms. The fourth-order valence-corrected chi connectivity index (χ4v) is 5.16. The molecule has 3 aliphatic heterocycles. The molecule has 2 saturated heterocycles. The number of carbonyl (C=O) groups is 2. The molecule has 4 atom stereocenters. The van der Waals surface area contributed by atoms with E-state index in [1.807, 2.05) is 25.1 Å². The van der Waals surface area contributed by atoms with Crippen LogP contribution < -0.4 is 10.2 Å². The highest BCUT2D eigenvalue weighted by molar-refractivity contribution is 9.10. The van der Waals surface area contributed by atoms with Crippen LogP contribution in [0, 0.1) is 5.92 Å². The van der Waals surface area contributed by atoms with E-state index in [9.17, 15) is 9.59 Å². The number of nitrogens with one attached hydrogen (secondary N) is 2. The summed E-state index contributed by atoms with van der Waals surface area (Å²) in [5.41, 5.74) is 1.25. The number of benzene rings is 1. The molecule has 1 spiro atoms. The number of anilines is 1. The lowest BCUT2D eigenvalue weighted by Crippen LogP contribution is -3.19. The van der Waals surface area contributed by atoms with Gasteiger partial charge in [-0.3, -0.25) is 9.59 Å². The lowest BCUT2D eigenvalue weighted by molar-refractivity contribution is -0.947. The van der Waals surface area contributed by atoms with Crippen molar-refractivity contribution in [2.75, 3.05) is 18.5 Å². The highest BCUT2D eigenvalue weighted by Crippen LogP contribution is 2.45. The molecule has 3 aliphatic rings. The first-order valence-corrected chi connectivity index (χ1v) is 9.01. The van der Waals surface area contributed by atoms with Crippen molar-refractivity contribution in [3.63, 3.8) is 0 Å². The monoisotopic (exact) mass is 379 g/mol. The number of carbonyl (C=O) groups excluding carboxylic acids is 2. The van der Waals surface area contributed by atoms with Gasteiger partial charge in [0, 0.05) is 29.3 Å². The Morgan fingerprint density at radius 2 is 2.35 bits per heavy atom. The van der Waals surface area contributed by atoms with Crippen molar-refractivity contribution in [1.82, 2.24) is 0 Å². The molecule has 5 nitrogen and oxygen atoms in total. The van der Waals surface area contributed by atoms with Gasteiger partial charge < -0.3 is 15.0 Å². The summed E-state index contributed by atoms with van der Waals surface area (Å²) in [6.07, 6.45) is 2.58. The summed E-state index contributed by atoms with van der Waals surface area (Å²) in [5, 5.41) is 3.03. The van der Waals surface area contributed by atoms with E-state index < -0.39 is 5.54 Å². The van der Waals surface area contributed by atoms with Crippen molar-refractivity contribution in [1.29, 1.82) is 0 Å². The molecule has 6 heteroatoms. The first-order chi connectivity index (χ1) is 11.1. The number of amides is 1. The van der Waals surface area contributed by atoms with Crippen LogP contribution in [0.15, 0.2) is 22.7 Å². The van der Waals surface area contributed by atoms with E-state index in [0.717, 1.165) is 35.1 Å². The number of hydrogen-bond acceptors (Lipinski definition) is 3. The van der Waals surface area contributed by atoms with E-state index in [1.54, 1.807) is 0 Å². The van der Waals surface area contributed by atoms with Gasteiger partial charge in [0.2, 0.25) is 5.54 Å². The molecule has 1 aromatic rings. The van der Waals surface area contributed by atoms with Gasteiger partial charge >= 0.3 is 5.97 Å². The van der Waals surface area contributed by atoms with Crippen molar-refractivity contribution in [3.05, 3.63) is 28.2 Å². The van der Waals surface area contributed by atoms with Crippen LogP contribution in [-0.2, 0) is 19.9 Å². The second-order valence-corrected chi connectivity index (χ2v) is 7.55. The average molecular weight is 380 g/mol. The second kappa shape index (κ2) is 5.31. The summed E-state index contributed by atoms with van der Waals surface area (Å²) in [4.78, 5) is 26.6. The number of fused-ring (bicyclic) bond motifs is 4. The lowest BCUT2D eigenvalue weighted by Gasteiger charge is -2.29. The van der Waals surface area contributed by atoms with Crippen LogP contribution in [0.5, 0.6) is 0 Å². The predicted molar refractivity (Wildman–Crippen MR) is 88.0 cm³/mol. The fraction of sp³-hybridized carbons (Fsp3) is 0.529. The highest BCUT2D eigenvalue weighted by atomic mass is 79.9. The molecular formula is C17H20BrN2O3+. The molecular weight excluding hydrogens is 360 g/mol. The van der Waals surface area contributed by atoms with Gasteiger partial charge in [-0.05, 0) is 25.1 Å². The van der Waals surface area contributed by atoms with Gasteiger partial charge in [0.25, 0.3) is 5.91 Å². The fourth-order valence-electron chi connectivity index (χ4n) is 4.80. The smallest absolute Gasteiger partial charge is 0.315 e. The quantitative estimate of drug-likeness (QED) is 0.759. The van der Waals surface area contributed by atoms with Gasteiger partial charge in [-0.15, -0.1) is 0 Å². The summed E-state index contributed by atoms with van der Waals surface area (Å²) in [7, 11) is 0. The van der Waals surface area contributed by atoms with Crippen LogP contribution in [-0.4, -0.2) is 31.1 Å². The van der Waals surface area contributed by atoms with Gasteiger partial charge in [0.15, 0.2) is 0 Å². The third kappa shape index (κ3) is 2.01. The SMILES string of the molecule is CCOC(=O)[C@@H]1C[C@]2(C(=O)Nc3ccc(Br)cc32)[NH+]2CCC[C@H]12. The van der Waals surface area contributed by atoms with Crippen LogP contribution >= 0.6 is 15.9 Å². The largest absolute Gasteiger partial charge is 0.466 e. The number of hydrogen-bond donors (Lipinski definition) is 2. The molecule has 2 N–H and O–H groups in total. The Labute approximate surface area is 143 Å². The van der Waals surface area contributed by atoms with E-state index in [-0.39, 0.29) is 23.8 Å². The predicted octanol–water partition coefficient (Wildman–Crippen LogP) is 1.23. The molecule has 0 saturated carbocycles. The van der Waals surface area contributed by atoms with Crippen molar-refractivity contribution in [2.24, 2.45) is 5.92 Å². The maximum absolute atomic E-state index is 12.9. The van der Waals surface area contributed by atoms with Crippen molar-refractivity contribution < 1.29 is 19.2 Å². The molecule has 2 fully saturated rings. The van der Waals surface area contributed by atoms with Crippen LogP contribution in [0.25, 0.3) is 0 Å². The second-order valence-electron chi connectivity index (χ2n) is 6.64. The first kappa shape index (κ1) is 15.1. The van der Waals surface area contributed by atoms with Crippen molar-refractivity contribution in [3.8, 4) is 0 Å². The number of esters is 1. The number of rotatable bonds is 2. The van der Waals surface area contributed by atoms with Gasteiger partial charge in [-0.2, -0.15) is 0 Å².